The Kier molecular flexibility index (Phi) is 3.41. The normalized spacial score (nSPS) is 18.6. The summed E-state index contributed by atoms with van der Waals surface area (Å²) in [6.45, 7) is 13.9. The molecule has 0 spiro atoms. The van der Waals surface area contributed by atoms with Gasteiger partial charge < -0.3 is 0 Å². The Morgan fingerprint density at radius 1 is 1.10 bits per heavy atom. The zero-order chi connectivity index (χ0) is 8.36. The molecule has 0 bridgehead atoms. The van der Waals surface area contributed by atoms with Crippen LogP contribution >= 0.6 is 0 Å². The van der Waals surface area contributed by atoms with E-state index in [9.17, 15) is 0 Å². The molecule has 0 aliphatic carbocycles. The van der Waals surface area contributed by atoms with E-state index in [4.69, 9.17) is 0 Å². The first-order valence-electron chi connectivity index (χ1n) is 4.39. The van der Waals surface area contributed by atoms with Gasteiger partial charge in [0.1, 0.15) is 0 Å². The van der Waals surface area contributed by atoms with Crippen LogP contribution in [0.4, 0.5) is 0 Å². The molecule has 0 saturated carbocycles. The third kappa shape index (κ3) is 2.72. The van der Waals surface area contributed by atoms with Crippen LogP contribution in [0.5, 0.6) is 0 Å². The maximum Gasteiger partial charge on any atom is -0.0354 e. The van der Waals surface area contributed by atoms with E-state index in [2.05, 4.69) is 41.5 Å². The van der Waals surface area contributed by atoms with E-state index in [0.717, 1.165) is 11.8 Å². The lowest BCUT2D eigenvalue weighted by Gasteiger charge is -2.31. The maximum absolute atomic E-state index is 2.36. The number of hydrogen-bond donors (Lipinski definition) is 0. The summed E-state index contributed by atoms with van der Waals surface area (Å²) in [7, 11) is 0. The minimum absolute atomic E-state index is 0.482. The Morgan fingerprint density at radius 2 is 1.50 bits per heavy atom. The summed E-state index contributed by atoms with van der Waals surface area (Å²) < 4.78 is 0. The highest BCUT2D eigenvalue weighted by molar-refractivity contribution is 4.73. The van der Waals surface area contributed by atoms with Crippen LogP contribution in [0, 0.1) is 17.3 Å². The van der Waals surface area contributed by atoms with Gasteiger partial charge >= 0.3 is 0 Å². The Labute approximate surface area is 66.0 Å². The highest BCUT2D eigenvalue weighted by Gasteiger charge is 2.23. The molecule has 0 aromatic rings. The predicted octanol–water partition coefficient (Wildman–Crippen LogP) is 3.71. The van der Waals surface area contributed by atoms with Gasteiger partial charge in [0.2, 0.25) is 0 Å². The molecule has 62 valence electrons. The van der Waals surface area contributed by atoms with E-state index < -0.39 is 0 Å². The van der Waals surface area contributed by atoms with Crippen LogP contribution in [-0.4, -0.2) is 0 Å². The number of rotatable bonds is 2. The molecule has 0 nitrogen and oxygen atoms in total. The highest BCUT2D eigenvalue weighted by Crippen LogP contribution is 2.32. The molecule has 0 radical (unpaired) electrons. The SMILES string of the molecule is CC[C@H](C)[C@@H](C)C(C)(C)C. The topological polar surface area (TPSA) is 0 Å². The summed E-state index contributed by atoms with van der Waals surface area (Å²) in [5, 5.41) is 0. The van der Waals surface area contributed by atoms with Crippen LogP contribution in [0.1, 0.15) is 48.0 Å². The van der Waals surface area contributed by atoms with Gasteiger partial charge in [-0.2, -0.15) is 0 Å². The van der Waals surface area contributed by atoms with Crippen molar-refractivity contribution in [2.75, 3.05) is 0 Å². The van der Waals surface area contributed by atoms with Gasteiger partial charge in [0.25, 0.3) is 0 Å². The molecule has 0 aromatic heterocycles. The monoisotopic (exact) mass is 142 g/mol. The fourth-order valence-electron chi connectivity index (χ4n) is 1.21. The van der Waals surface area contributed by atoms with Crippen molar-refractivity contribution in [2.45, 2.75) is 48.0 Å². The van der Waals surface area contributed by atoms with Gasteiger partial charge in [-0.3, -0.25) is 0 Å². The zero-order valence-corrected chi connectivity index (χ0v) is 8.36. The Hall–Kier alpha value is 0. The zero-order valence-electron chi connectivity index (χ0n) is 8.36. The maximum atomic E-state index is 2.36. The second kappa shape index (κ2) is 3.41. The van der Waals surface area contributed by atoms with Crippen LogP contribution in [0.15, 0.2) is 0 Å². The van der Waals surface area contributed by atoms with Crippen LogP contribution < -0.4 is 0 Å². The number of hydrogen-bond acceptors (Lipinski definition) is 0. The quantitative estimate of drug-likeness (QED) is 0.551. The van der Waals surface area contributed by atoms with Crippen LogP contribution in [-0.2, 0) is 0 Å². The molecule has 0 aliphatic rings. The van der Waals surface area contributed by atoms with Crippen molar-refractivity contribution in [3.63, 3.8) is 0 Å². The van der Waals surface area contributed by atoms with E-state index in [1.165, 1.54) is 6.42 Å². The summed E-state index contributed by atoms with van der Waals surface area (Å²) in [5.41, 5.74) is 0.482. The first-order valence-corrected chi connectivity index (χ1v) is 4.39. The van der Waals surface area contributed by atoms with E-state index in [0.29, 0.717) is 5.41 Å². The minimum Gasteiger partial charge on any atom is -0.0651 e. The molecule has 0 heteroatoms. The largest absolute Gasteiger partial charge is 0.0651 e. The lowest BCUT2D eigenvalue weighted by Crippen LogP contribution is -2.23. The third-order valence-electron chi connectivity index (χ3n) is 2.86. The molecule has 0 aromatic carbocycles. The molecule has 0 N–H and O–H groups in total. The van der Waals surface area contributed by atoms with E-state index in [-0.39, 0.29) is 0 Å². The van der Waals surface area contributed by atoms with E-state index in [1.54, 1.807) is 0 Å². The summed E-state index contributed by atoms with van der Waals surface area (Å²) >= 11 is 0. The van der Waals surface area contributed by atoms with Crippen molar-refractivity contribution in [3.8, 4) is 0 Å². The summed E-state index contributed by atoms with van der Waals surface area (Å²) in [6, 6.07) is 0. The molecule has 0 rings (SSSR count). The van der Waals surface area contributed by atoms with Gasteiger partial charge in [-0.25, -0.2) is 0 Å². The van der Waals surface area contributed by atoms with Gasteiger partial charge in [-0.15, -0.1) is 0 Å². The molecule has 0 fully saturated rings. The van der Waals surface area contributed by atoms with Crippen LogP contribution in [0.2, 0.25) is 0 Å². The van der Waals surface area contributed by atoms with Crippen molar-refractivity contribution >= 4 is 0 Å². The van der Waals surface area contributed by atoms with Crippen molar-refractivity contribution < 1.29 is 0 Å². The van der Waals surface area contributed by atoms with Crippen molar-refractivity contribution in [3.05, 3.63) is 0 Å². The van der Waals surface area contributed by atoms with E-state index >= 15 is 0 Å². The van der Waals surface area contributed by atoms with Crippen molar-refractivity contribution in [1.29, 1.82) is 0 Å². The fraction of sp³-hybridized carbons (Fsp3) is 1.00. The standard InChI is InChI=1S/C10H22/c1-7-8(2)9(3)10(4,5)6/h8-9H,7H2,1-6H3/t8-,9+/m0/s1. The lowest BCUT2D eigenvalue weighted by atomic mass is 9.74. The first kappa shape index (κ1) is 10.0. The molecular formula is C10H22. The summed E-state index contributed by atoms with van der Waals surface area (Å²) in [5.74, 6) is 1.69. The molecule has 0 aliphatic heterocycles. The first-order chi connectivity index (χ1) is 4.39. The average molecular weight is 142 g/mol. The van der Waals surface area contributed by atoms with E-state index in [1.807, 2.05) is 0 Å². The van der Waals surface area contributed by atoms with Crippen LogP contribution in [0.25, 0.3) is 0 Å². The molecular weight excluding hydrogens is 120 g/mol. The van der Waals surface area contributed by atoms with Crippen molar-refractivity contribution in [2.24, 2.45) is 17.3 Å². The molecule has 0 unspecified atom stereocenters. The second-order valence-electron chi connectivity index (χ2n) is 4.54. The summed E-state index contributed by atoms with van der Waals surface area (Å²) in [6.07, 6.45) is 1.30. The smallest absolute Gasteiger partial charge is 0.0354 e. The Morgan fingerprint density at radius 3 is 1.60 bits per heavy atom. The molecule has 2 atom stereocenters. The highest BCUT2D eigenvalue weighted by atomic mass is 14.3. The van der Waals surface area contributed by atoms with Gasteiger partial charge in [-0.1, -0.05) is 48.0 Å². The minimum atomic E-state index is 0.482. The van der Waals surface area contributed by atoms with Crippen molar-refractivity contribution in [1.82, 2.24) is 0 Å². The van der Waals surface area contributed by atoms with Gasteiger partial charge in [0, 0.05) is 0 Å². The van der Waals surface area contributed by atoms with Crippen LogP contribution in [0.3, 0.4) is 0 Å². The van der Waals surface area contributed by atoms with Gasteiger partial charge in [0.05, 0.1) is 0 Å². The van der Waals surface area contributed by atoms with Gasteiger partial charge in [0.15, 0.2) is 0 Å². The second-order valence-corrected chi connectivity index (χ2v) is 4.54. The third-order valence-corrected chi connectivity index (χ3v) is 2.86. The predicted molar refractivity (Wildman–Crippen MR) is 48.1 cm³/mol. The van der Waals surface area contributed by atoms with Gasteiger partial charge in [-0.05, 0) is 17.3 Å². The Bertz CT molecular complexity index is 86.7. The summed E-state index contributed by atoms with van der Waals surface area (Å²) in [4.78, 5) is 0. The Balaban J connectivity index is 3.94. The molecule has 0 saturated heterocycles. The molecule has 0 amide bonds. The fourth-order valence-corrected chi connectivity index (χ4v) is 1.21. The molecule has 10 heavy (non-hydrogen) atoms. The lowest BCUT2D eigenvalue weighted by molar-refractivity contribution is 0.184. The average Bonchev–Trinajstić information content (AvgIpc) is 1.83. The molecule has 0 heterocycles.